The van der Waals surface area contributed by atoms with Crippen LogP contribution in [0.1, 0.15) is 52.7 Å². The van der Waals surface area contributed by atoms with Crippen LogP contribution >= 0.6 is 0 Å². The fraction of sp³-hybridized carbons (Fsp3) is 0.409. The van der Waals surface area contributed by atoms with Gasteiger partial charge in [-0.05, 0) is 24.3 Å². The van der Waals surface area contributed by atoms with Crippen molar-refractivity contribution >= 4 is 16.6 Å². The van der Waals surface area contributed by atoms with Gasteiger partial charge in [0.15, 0.2) is 11.6 Å². The highest BCUT2D eigenvalue weighted by Crippen LogP contribution is 2.23. The fourth-order valence-corrected chi connectivity index (χ4v) is 2.81. The molecule has 0 fully saturated rings. The zero-order valence-electron chi connectivity index (χ0n) is 16.8. The van der Waals surface area contributed by atoms with Crippen LogP contribution in [0, 0.1) is 0 Å². The van der Waals surface area contributed by atoms with Crippen molar-refractivity contribution in [2.24, 2.45) is 0 Å². The quantitative estimate of drug-likeness (QED) is 0.560. The summed E-state index contributed by atoms with van der Waals surface area (Å²) in [6.07, 6.45) is 8.41. The number of nitrogens with one attached hydrogen (secondary N) is 1. The maximum Gasteiger partial charge on any atom is 0.180 e. The number of aromatic nitrogens is 3. The molecule has 0 aliphatic heterocycles. The molecule has 1 N–H and O–H groups in total. The van der Waals surface area contributed by atoms with Crippen molar-refractivity contribution < 1.29 is 4.74 Å². The molecule has 3 rings (SSSR count). The molecule has 0 saturated heterocycles. The van der Waals surface area contributed by atoms with Crippen molar-refractivity contribution in [1.29, 1.82) is 0 Å². The highest BCUT2D eigenvalue weighted by Gasteiger charge is 2.11. The lowest BCUT2D eigenvalue weighted by Crippen LogP contribution is -2.19. The van der Waals surface area contributed by atoms with Crippen molar-refractivity contribution in [2.75, 3.05) is 5.32 Å². The summed E-state index contributed by atoms with van der Waals surface area (Å²) in [6, 6.07) is 10.6. The van der Waals surface area contributed by atoms with Crippen molar-refractivity contribution in [3.63, 3.8) is 0 Å². The van der Waals surface area contributed by atoms with Gasteiger partial charge in [-0.15, -0.1) is 0 Å². The maximum atomic E-state index is 5.95. The Balaban J connectivity index is 0.00000126. The molecular weight excluding hydrogens is 336 g/mol. The molecule has 5 nitrogen and oxygen atoms in total. The van der Waals surface area contributed by atoms with Crippen LogP contribution in [0.4, 0.5) is 5.82 Å². The van der Waals surface area contributed by atoms with E-state index in [9.17, 15) is 0 Å². The summed E-state index contributed by atoms with van der Waals surface area (Å²) in [5, 5.41) is 5.75. The molecular formula is C22H30N4O. The molecule has 1 unspecified atom stereocenters. The maximum absolute atomic E-state index is 5.95. The van der Waals surface area contributed by atoms with Crippen LogP contribution in [-0.4, -0.2) is 21.0 Å². The van der Waals surface area contributed by atoms with E-state index in [2.05, 4.69) is 52.3 Å². The topological polar surface area (TPSA) is 59.9 Å². The molecule has 0 aliphatic carbocycles. The number of fused-ring (bicyclic) bond motifs is 1. The number of benzene rings is 1. The van der Waals surface area contributed by atoms with Gasteiger partial charge in [0.2, 0.25) is 0 Å². The fourth-order valence-electron chi connectivity index (χ4n) is 2.81. The molecule has 1 atom stereocenters. The van der Waals surface area contributed by atoms with E-state index in [-0.39, 0.29) is 0 Å². The smallest absolute Gasteiger partial charge is 0.180 e. The molecule has 2 aromatic heterocycles. The predicted molar refractivity (Wildman–Crippen MR) is 112 cm³/mol. The number of hydrogen-bond donors (Lipinski definition) is 1. The molecule has 3 aromatic rings. The predicted octanol–water partition coefficient (Wildman–Crippen LogP) is 5.62. The van der Waals surface area contributed by atoms with E-state index in [4.69, 9.17) is 4.74 Å². The summed E-state index contributed by atoms with van der Waals surface area (Å²) in [5.41, 5.74) is 0.883. The van der Waals surface area contributed by atoms with Crippen LogP contribution in [0.2, 0.25) is 0 Å². The van der Waals surface area contributed by atoms with Gasteiger partial charge in [0.05, 0.1) is 11.9 Å². The number of ether oxygens (including phenoxy) is 1. The second kappa shape index (κ2) is 11.1. The minimum atomic E-state index is 0.386. The van der Waals surface area contributed by atoms with Gasteiger partial charge in [-0.3, -0.25) is 4.98 Å². The molecule has 0 amide bonds. The lowest BCUT2D eigenvalue weighted by atomic mass is 10.1. The first kappa shape index (κ1) is 20.6. The summed E-state index contributed by atoms with van der Waals surface area (Å²) < 4.78 is 5.95. The van der Waals surface area contributed by atoms with E-state index < -0.39 is 0 Å². The van der Waals surface area contributed by atoms with E-state index in [1.807, 2.05) is 32.2 Å². The van der Waals surface area contributed by atoms with Gasteiger partial charge in [0.25, 0.3) is 0 Å². The highest BCUT2D eigenvalue weighted by atomic mass is 16.5. The molecule has 0 radical (unpaired) electrons. The average Bonchev–Trinajstić information content (AvgIpc) is 2.74. The van der Waals surface area contributed by atoms with E-state index in [0.29, 0.717) is 18.4 Å². The standard InChI is InChI=1S/C20H24N4O.C2H6/c1-3-7-17(4-2)24-20-19(12-21-14-23-20)25-13-18-10-15-8-5-6-9-16(15)11-22-18;1-2/h5-6,8-12,14,17H,3-4,7,13H2,1-2H3,(H,21,23,24);1-2H3. The van der Waals surface area contributed by atoms with Crippen molar-refractivity contribution in [2.45, 2.75) is 59.6 Å². The second-order valence-corrected chi connectivity index (χ2v) is 6.09. The average molecular weight is 367 g/mol. The first-order valence-corrected chi connectivity index (χ1v) is 9.83. The zero-order valence-corrected chi connectivity index (χ0v) is 16.8. The SMILES string of the molecule is CC.CCCC(CC)Nc1ncncc1OCc1cc2ccccc2cn1. The molecule has 0 spiro atoms. The third kappa shape index (κ3) is 5.91. The molecule has 0 bridgehead atoms. The van der Waals surface area contributed by atoms with Crippen molar-refractivity contribution in [1.82, 2.24) is 15.0 Å². The molecule has 5 heteroatoms. The van der Waals surface area contributed by atoms with Crippen LogP contribution in [-0.2, 0) is 6.61 Å². The van der Waals surface area contributed by atoms with Crippen LogP contribution < -0.4 is 10.1 Å². The van der Waals surface area contributed by atoms with Gasteiger partial charge < -0.3 is 10.1 Å². The Hall–Kier alpha value is -2.69. The van der Waals surface area contributed by atoms with Crippen LogP contribution in [0.5, 0.6) is 5.75 Å². The summed E-state index contributed by atoms with van der Waals surface area (Å²) in [6.45, 7) is 8.75. The summed E-state index contributed by atoms with van der Waals surface area (Å²) in [5.74, 6) is 1.41. The molecule has 27 heavy (non-hydrogen) atoms. The highest BCUT2D eigenvalue weighted by molar-refractivity contribution is 5.81. The largest absolute Gasteiger partial charge is 0.482 e. The van der Waals surface area contributed by atoms with Crippen molar-refractivity contribution in [3.05, 3.63) is 54.7 Å². The minimum absolute atomic E-state index is 0.386. The molecule has 2 heterocycles. The molecule has 1 aromatic carbocycles. The zero-order chi connectivity index (χ0) is 19.5. The Bertz CT molecular complexity index is 822. The number of rotatable bonds is 8. The van der Waals surface area contributed by atoms with Gasteiger partial charge in [-0.1, -0.05) is 58.4 Å². The van der Waals surface area contributed by atoms with E-state index in [0.717, 1.165) is 41.5 Å². The van der Waals surface area contributed by atoms with Gasteiger partial charge >= 0.3 is 0 Å². The normalized spacial score (nSPS) is 11.4. The summed E-state index contributed by atoms with van der Waals surface area (Å²) >= 11 is 0. The first-order chi connectivity index (χ1) is 13.3. The number of pyridine rings is 1. The minimum Gasteiger partial charge on any atom is -0.482 e. The summed E-state index contributed by atoms with van der Waals surface area (Å²) in [7, 11) is 0. The molecule has 0 aliphatic rings. The Morgan fingerprint density at radius 3 is 2.56 bits per heavy atom. The molecule has 144 valence electrons. The van der Waals surface area contributed by atoms with Gasteiger partial charge in [0.1, 0.15) is 12.9 Å². The Morgan fingerprint density at radius 1 is 1.04 bits per heavy atom. The Labute approximate surface area is 162 Å². The van der Waals surface area contributed by atoms with Crippen molar-refractivity contribution in [3.8, 4) is 5.75 Å². The van der Waals surface area contributed by atoms with Crippen LogP contribution in [0.15, 0.2) is 49.1 Å². The lowest BCUT2D eigenvalue weighted by molar-refractivity contribution is 0.300. The van der Waals surface area contributed by atoms with E-state index in [1.165, 1.54) is 0 Å². The Kier molecular flexibility index (Phi) is 8.49. The third-order valence-electron chi connectivity index (χ3n) is 4.21. The van der Waals surface area contributed by atoms with Gasteiger partial charge in [0, 0.05) is 17.6 Å². The number of anilines is 1. The van der Waals surface area contributed by atoms with E-state index >= 15 is 0 Å². The van der Waals surface area contributed by atoms with Gasteiger partial charge in [-0.2, -0.15) is 0 Å². The number of hydrogen-bond acceptors (Lipinski definition) is 5. The molecule has 0 saturated carbocycles. The lowest BCUT2D eigenvalue weighted by Gasteiger charge is -2.18. The number of nitrogens with zero attached hydrogens (tertiary/aromatic N) is 3. The van der Waals surface area contributed by atoms with E-state index in [1.54, 1.807) is 12.5 Å². The van der Waals surface area contributed by atoms with Crippen LogP contribution in [0.3, 0.4) is 0 Å². The van der Waals surface area contributed by atoms with Crippen LogP contribution in [0.25, 0.3) is 10.8 Å². The first-order valence-electron chi connectivity index (χ1n) is 9.83. The van der Waals surface area contributed by atoms with Gasteiger partial charge in [-0.25, -0.2) is 9.97 Å². The second-order valence-electron chi connectivity index (χ2n) is 6.09. The monoisotopic (exact) mass is 366 g/mol. The Morgan fingerprint density at radius 2 is 1.81 bits per heavy atom. The summed E-state index contributed by atoms with van der Waals surface area (Å²) in [4.78, 5) is 12.9. The third-order valence-corrected chi connectivity index (χ3v) is 4.21.